The Morgan fingerprint density at radius 1 is 1.26 bits per heavy atom. The molecule has 4 rings (SSSR count). The van der Waals surface area contributed by atoms with Gasteiger partial charge in [0.25, 0.3) is 0 Å². The highest BCUT2D eigenvalue weighted by Crippen LogP contribution is 2.33. The van der Waals surface area contributed by atoms with Crippen molar-refractivity contribution in [3.05, 3.63) is 71.6 Å². The van der Waals surface area contributed by atoms with Gasteiger partial charge >= 0.3 is 0 Å². The van der Waals surface area contributed by atoms with Gasteiger partial charge in [0.2, 0.25) is 5.91 Å². The van der Waals surface area contributed by atoms with E-state index in [4.69, 9.17) is 5.26 Å². The summed E-state index contributed by atoms with van der Waals surface area (Å²) in [6, 6.07) is 14.1. The van der Waals surface area contributed by atoms with Crippen LogP contribution in [0.15, 0.2) is 54.9 Å². The first kappa shape index (κ1) is 17.4. The number of nitriles is 1. The van der Waals surface area contributed by atoms with Crippen LogP contribution < -0.4 is 10.9 Å². The van der Waals surface area contributed by atoms with E-state index in [1.54, 1.807) is 18.5 Å². The van der Waals surface area contributed by atoms with E-state index in [9.17, 15) is 4.79 Å². The van der Waals surface area contributed by atoms with Crippen LogP contribution in [0.4, 0.5) is 0 Å². The van der Waals surface area contributed by atoms with Crippen molar-refractivity contribution in [2.24, 2.45) is 5.92 Å². The summed E-state index contributed by atoms with van der Waals surface area (Å²) in [5.41, 5.74) is 9.45. The number of rotatable bonds is 3. The number of aromatic nitrogens is 1. The van der Waals surface area contributed by atoms with Crippen LogP contribution in [0, 0.1) is 17.2 Å². The van der Waals surface area contributed by atoms with Crippen molar-refractivity contribution < 1.29 is 4.79 Å². The second-order valence-corrected chi connectivity index (χ2v) is 6.96. The maximum atomic E-state index is 12.6. The zero-order valence-electron chi connectivity index (χ0n) is 14.9. The van der Waals surface area contributed by atoms with Crippen molar-refractivity contribution in [1.82, 2.24) is 20.7 Å². The summed E-state index contributed by atoms with van der Waals surface area (Å²) < 4.78 is 0. The standard InChI is InChI=1S/C21H21N5O/c22-12-15-3-6-17(7-4-15)21-18-14-26(11-9-19(18)24-25-21)20(27)8-5-16-2-1-10-23-13-16/h1-8,10,13,18-19,21,24-25H,9,11,14H2/b8-5+. The molecular weight excluding hydrogens is 338 g/mol. The minimum absolute atomic E-state index is 0.0304. The van der Waals surface area contributed by atoms with E-state index in [0.717, 1.165) is 24.1 Å². The molecule has 3 atom stereocenters. The summed E-state index contributed by atoms with van der Waals surface area (Å²) >= 11 is 0. The molecule has 2 saturated heterocycles. The number of pyridine rings is 1. The lowest BCUT2D eigenvalue weighted by Gasteiger charge is -2.35. The molecule has 2 aliphatic rings. The molecule has 0 saturated carbocycles. The molecule has 2 N–H and O–H groups in total. The summed E-state index contributed by atoms with van der Waals surface area (Å²) in [5, 5.41) is 8.98. The quantitative estimate of drug-likeness (QED) is 0.820. The number of hydrogen-bond donors (Lipinski definition) is 2. The van der Waals surface area contributed by atoms with E-state index >= 15 is 0 Å². The molecule has 1 aromatic heterocycles. The van der Waals surface area contributed by atoms with Crippen LogP contribution in [0.1, 0.15) is 29.2 Å². The summed E-state index contributed by atoms with van der Waals surface area (Å²) in [6.45, 7) is 1.44. The number of carbonyl (C=O) groups excluding carboxylic acids is 1. The van der Waals surface area contributed by atoms with Gasteiger partial charge in [0.1, 0.15) is 0 Å². The normalized spacial score (nSPS) is 24.6. The number of likely N-dealkylation sites (tertiary alicyclic amines) is 1. The molecule has 6 nitrogen and oxygen atoms in total. The third kappa shape index (κ3) is 3.75. The van der Waals surface area contributed by atoms with E-state index in [2.05, 4.69) is 21.9 Å². The number of nitrogens with zero attached hydrogens (tertiary/aromatic N) is 3. The Morgan fingerprint density at radius 2 is 2.11 bits per heavy atom. The molecule has 0 radical (unpaired) electrons. The number of piperidine rings is 1. The lowest BCUT2D eigenvalue weighted by atomic mass is 9.85. The highest BCUT2D eigenvalue weighted by atomic mass is 16.2. The predicted molar refractivity (Wildman–Crippen MR) is 102 cm³/mol. The van der Waals surface area contributed by atoms with Gasteiger partial charge in [-0.2, -0.15) is 5.26 Å². The van der Waals surface area contributed by atoms with E-state index in [1.807, 2.05) is 47.4 Å². The van der Waals surface area contributed by atoms with Crippen molar-refractivity contribution in [1.29, 1.82) is 5.26 Å². The van der Waals surface area contributed by atoms with Crippen LogP contribution in [0.3, 0.4) is 0 Å². The first-order valence-corrected chi connectivity index (χ1v) is 9.13. The molecule has 2 fully saturated rings. The van der Waals surface area contributed by atoms with E-state index in [1.165, 1.54) is 0 Å². The van der Waals surface area contributed by atoms with Gasteiger partial charge in [-0.25, -0.2) is 5.43 Å². The average Bonchev–Trinajstić information content (AvgIpc) is 3.16. The third-order valence-electron chi connectivity index (χ3n) is 5.32. The molecule has 27 heavy (non-hydrogen) atoms. The third-order valence-corrected chi connectivity index (χ3v) is 5.32. The smallest absolute Gasteiger partial charge is 0.246 e. The van der Waals surface area contributed by atoms with Gasteiger partial charge < -0.3 is 4.90 Å². The van der Waals surface area contributed by atoms with Gasteiger partial charge in [-0.15, -0.1) is 0 Å². The fourth-order valence-corrected chi connectivity index (χ4v) is 3.85. The molecule has 0 bridgehead atoms. The summed E-state index contributed by atoms with van der Waals surface area (Å²) in [5.74, 6) is 0.324. The number of nitrogens with one attached hydrogen (secondary N) is 2. The van der Waals surface area contributed by atoms with Crippen LogP contribution in [-0.4, -0.2) is 34.9 Å². The van der Waals surface area contributed by atoms with E-state index < -0.39 is 0 Å². The molecule has 2 aromatic rings. The van der Waals surface area contributed by atoms with E-state index in [0.29, 0.717) is 24.1 Å². The Bertz CT molecular complexity index is 872. The number of amides is 1. The molecule has 0 spiro atoms. The van der Waals surface area contributed by atoms with Crippen molar-refractivity contribution >= 4 is 12.0 Å². The molecular formula is C21H21N5O. The summed E-state index contributed by atoms with van der Waals surface area (Å²) in [7, 11) is 0. The maximum absolute atomic E-state index is 12.6. The maximum Gasteiger partial charge on any atom is 0.246 e. The number of fused-ring (bicyclic) bond motifs is 1. The minimum Gasteiger partial charge on any atom is -0.339 e. The molecule has 0 aliphatic carbocycles. The number of carbonyl (C=O) groups is 1. The topological polar surface area (TPSA) is 81.0 Å². The van der Waals surface area contributed by atoms with Crippen LogP contribution >= 0.6 is 0 Å². The lowest BCUT2D eigenvalue weighted by Crippen LogP contribution is -2.47. The van der Waals surface area contributed by atoms with Crippen LogP contribution in [0.5, 0.6) is 0 Å². The molecule has 136 valence electrons. The van der Waals surface area contributed by atoms with Gasteiger partial charge in [-0.1, -0.05) is 18.2 Å². The van der Waals surface area contributed by atoms with Gasteiger partial charge in [-0.3, -0.25) is 15.2 Å². The zero-order chi connectivity index (χ0) is 18.6. The summed E-state index contributed by atoms with van der Waals surface area (Å²) in [6.07, 6.45) is 7.81. The fourth-order valence-electron chi connectivity index (χ4n) is 3.85. The van der Waals surface area contributed by atoms with Crippen LogP contribution in [-0.2, 0) is 4.79 Å². The van der Waals surface area contributed by atoms with Gasteiger partial charge in [0.05, 0.1) is 17.7 Å². The largest absolute Gasteiger partial charge is 0.339 e. The number of hydrazine groups is 1. The molecule has 3 heterocycles. The fraction of sp³-hybridized carbons (Fsp3) is 0.286. The second kappa shape index (κ2) is 7.70. The SMILES string of the molecule is N#Cc1ccc(C2NNC3CCN(C(=O)/C=C/c4cccnc4)CC32)cc1. The highest BCUT2D eigenvalue weighted by Gasteiger charge is 2.41. The Hall–Kier alpha value is -3.01. The van der Waals surface area contributed by atoms with Crippen molar-refractivity contribution in [2.45, 2.75) is 18.5 Å². The predicted octanol–water partition coefficient (Wildman–Crippen LogP) is 2.03. The van der Waals surface area contributed by atoms with Crippen LogP contribution in [0.25, 0.3) is 6.08 Å². The highest BCUT2D eigenvalue weighted by molar-refractivity contribution is 5.91. The first-order valence-electron chi connectivity index (χ1n) is 9.13. The first-order chi connectivity index (χ1) is 13.2. The van der Waals surface area contributed by atoms with Crippen molar-refractivity contribution in [3.8, 4) is 6.07 Å². The molecule has 2 aliphatic heterocycles. The molecule has 3 unspecified atom stereocenters. The number of hydrogen-bond acceptors (Lipinski definition) is 5. The van der Waals surface area contributed by atoms with E-state index in [-0.39, 0.29) is 11.9 Å². The molecule has 6 heteroatoms. The van der Waals surface area contributed by atoms with Gasteiger partial charge in [0, 0.05) is 43.5 Å². The molecule has 1 aromatic carbocycles. The van der Waals surface area contributed by atoms with Gasteiger partial charge in [0.15, 0.2) is 0 Å². The summed E-state index contributed by atoms with van der Waals surface area (Å²) in [4.78, 5) is 18.6. The van der Waals surface area contributed by atoms with Crippen molar-refractivity contribution in [2.75, 3.05) is 13.1 Å². The second-order valence-electron chi connectivity index (χ2n) is 6.96. The minimum atomic E-state index is 0.0304. The lowest BCUT2D eigenvalue weighted by molar-refractivity contribution is -0.127. The van der Waals surface area contributed by atoms with Gasteiger partial charge in [-0.05, 0) is 41.8 Å². The van der Waals surface area contributed by atoms with Crippen molar-refractivity contribution in [3.63, 3.8) is 0 Å². The Balaban J connectivity index is 1.45. The Morgan fingerprint density at radius 3 is 2.85 bits per heavy atom. The average molecular weight is 359 g/mol. The van der Waals surface area contributed by atoms with Crippen LogP contribution in [0.2, 0.25) is 0 Å². The Labute approximate surface area is 158 Å². The Kier molecular flexibility index (Phi) is 4.97. The monoisotopic (exact) mass is 359 g/mol. The number of benzene rings is 1. The zero-order valence-corrected chi connectivity index (χ0v) is 14.9. The molecule has 1 amide bonds.